The van der Waals surface area contributed by atoms with Crippen LogP contribution in [0.15, 0.2) is 24.3 Å². The van der Waals surface area contributed by atoms with Crippen molar-refractivity contribution in [2.45, 2.75) is 12.0 Å². The van der Waals surface area contributed by atoms with Crippen molar-refractivity contribution < 1.29 is 39.1 Å². The molecule has 3 N–H and O–H groups in total. The van der Waals surface area contributed by atoms with E-state index in [1.165, 1.54) is 13.2 Å². The molecule has 2 heterocycles. The molecule has 5 rings (SSSR count). The van der Waals surface area contributed by atoms with Crippen molar-refractivity contribution in [3.8, 4) is 28.7 Å². The number of rotatable bonds is 2. The maximum absolute atomic E-state index is 12.6. The molecule has 2 aromatic rings. The Labute approximate surface area is 159 Å². The lowest BCUT2D eigenvalue weighted by atomic mass is 9.66. The number of phenolic OH excluding ortho intramolecular Hbond substituents is 2. The lowest BCUT2D eigenvalue weighted by Crippen LogP contribution is -2.34. The van der Waals surface area contributed by atoms with Gasteiger partial charge >= 0.3 is 5.97 Å². The zero-order chi connectivity index (χ0) is 19.6. The van der Waals surface area contributed by atoms with Crippen LogP contribution in [0.4, 0.5) is 0 Å². The average Bonchev–Trinajstić information content (AvgIpc) is 3.30. The summed E-state index contributed by atoms with van der Waals surface area (Å²) >= 11 is 0. The summed E-state index contributed by atoms with van der Waals surface area (Å²) in [5.74, 6) is -1.60. The highest BCUT2D eigenvalue weighted by Gasteiger charge is 2.52. The molecule has 0 bridgehead atoms. The van der Waals surface area contributed by atoms with E-state index in [0.717, 1.165) is 0 Å². The SMILES string of the molecule is COc1cc([C@@H]2c3cc4c(cc3[C@@H](O)C3COC(=O)[C@@H]32)OCO4)cc(O)c1O. The van der Waals surface area contributed by atoms with Crippen LogP contribution in [0.2, 0.25) is 0 Å². The molecule has 1 aliphatic carbocycles. The molecule has 0 spiro atoms. The number of hydrogen-bond donors (Lipinski definition) is 3. The Morgan fingerprint density at radius 3 is 2.46 bits per heavy atom. The summed E-state index contributed by atoms with van der Waals surface area (Å²) in [6.07, 6.45) is -0.898. The molecule has 1 saturated heterocycles. The first-order chi connectivity index (χ1) is 13.5. The highest BCUT2D eigenvalue weighted by Crippen LogP contribution is 2.55. The van der Waals surface area contributed by atoms with Gasteiger partial charge in [0.05, 0.1) is 25.7 Å². The largest absolute Gasteiger partial charge is 0.504 e. The van der Waals surface area contributed by atoms with Crippen LogP contribution < -0.4 is 14.2 Å². The summed E-state index contributed by atoms with van der Waals surface area (Å²) in [6, 6.07) is 6.46. The summed E-state index contributed by atoms with van der Waals surface area (Å²) in [5.41, 5.74) is 1.87. The molecular formula is C20H18O8. The zero-order valence-electron chi connectivity index (χ0n) is 14.9. The number of benzene rings is 2. The molecule has 1 unspecified atom stereocenters. The molecule has 146 valence electrons. The minimum atomic E-state index is -0.898. The van der Waals surface area contributed by atoms with Crippen LogP contribution in [0.1, 0.15) is 28.7 Å². The third kappa shape index (κ3) is 2.24. The predicted molar refractivity (Wildman–Crippen MR) is 93.6 cm³/mol. The van der Waals surface area contributed by atoms with E-state index >= 15 is 0 Å². The molecular weight excluding hydrogens is 368 g/mol. The van der Waals surface area contributed by atoms with Crippen LogP contribution in [0.3, 0.4) is 0 Å². The summed E-state index contributed by atoms with van der Waals surface area (Å²) in [4.78, 5) is 12.6. The lowest BCUT2D eigenvalue weighted by Gasteiger charge is -2.36. The molecule has 28 heavy (non-hydrogen) atoms. The molecule has 0 amide bonds. The summed E-state index contributed by atoms with van der Waals surface area (Å²) in [6.45, 7) is 0.192. The summed E-state index contributed by atoms with van der Waals surface area (Å²) < 4.78 is 21.3. The average molecular weight is 386 g/mol. The van der Waals surface area contributed by atoms with Crippen LogP contribution in [0, 0.1) is 11.8 Å². The highest BCUT2D eigenvalue weighted by molar-refractivity contribution is 5.79. The van der Waals surface area contributed by atoms with Crippen molar-refractivity contribution in [2.24, 2.45) is 11.8 Å². The van der Waals surface area contributed by atoms with Crippen molar-refractivity contribution in [1.29, 1.82) is 0 Å². The third-order valence-electron chi connectivity index (χ3n) is 5.80. The van der Waals surface area contributed by atoms with Gasteiger partial charge in [0, 0.05) is 11.8 Å². The fourth-order valence-corrected chi connectivity index (χ4v) is 4.48. The fourth-order valence-electron chi connectivity index (χ4n) is 4.48. The van der Waals surface area contributed by atoms with E-state index in [1.54, 1.807) is 18.2 Å². The molecule has 4 atom stereocenters. The van der Waals surface area contributed by atoms with Gasteiger partial charge in [-0.3, -0.25) is 4.79 Å². The molecule has 1 fully saturated rings. The van der Waals surface area contributed by atoms with Gasteiger partial charge in [-0.2, -0.15) is 0 Å². The van der Waals surface area contributed by atoms with Crippen molar-refractivity contribution in [2.75, 3.05) is 20.5 Å². The monoisotopic (exact) mass is 386 g/mol. The normalized spacial score (nSPS) is 27.1. The number of aliphatic hydroxyl groups excluding tert-OH is 1. The van der Waals surface area contributed by atoms with E-state index in [9.17, 15) is 20.1 Å². The number of aromatic hydroxyl groups is 2. The third-order valence-corrected chi connectivity index (χ3v) is 5.80. The van der Waals surface area contributed by atoms with E-state index in [4.69, 9.17) is 18.9 Å². The van der Waals surface area contributed by atoms with Crippen molar-refractivity contribution in [1.82, 2.24) is 0 Å². The molecule has 0 saturated carbocycles. The van der Waals surface area contributed by atoms with E-state index in [-0.39, 0.29) is 30.6 Å². The Bertz CT molecular complexity index is 985. The number of fused-ring (bicyclic) bond motifs is 3. The molecule has 0 aromatic heterocycles. The molecule has 2 aromatic carbocycles. The van der Waals surface area contributed by atoms with Crippen LogP contribution >= 0.6 is 0 Å². The number of aliphatic hydroxyl groups is 1. The second-order valence-electron chi connectivity index (χ2n) is 7.17. The van der Waals surface area contributed by atoms with E-state index in [1.807, 2.05) is 0 Å². The van der Waals surface area contributed by atoms with E-state index in [2.05, 4.69) is 0 Å². The second kappa shape index (κ2) is 5.93. The maximum atomic E-state index is 12.6. The van der Waals surface area contributed by atoms with Gasteiger partial charge in [-0.1, -0.05) is 0 Å². The van der Waals surface area contributed by atoms with Crippen LogP contribution in [0.25, 0.3) is 0 Å². The van der Waals surface area contributed by atoms with Gasteiger partial charge in [0.1, 0.15) is 0 Å². The lowest BCUT2D eigenvalue weighted by molar-refractivity contribution is -0.141. The van der Waals surface area contributed by atoms with Gasteiger partial charge in [0.15, 0.2) is 23.0 Å². The molecule has 0 radical (unpaired) electrons. The van der Waals surface area contributed by atoms with E-state index < -0.39 is 29.8 Å². The standard InChI is InChI=1S/C20H18O8/c1-25-15-3-8(2-12(21)19(15)23)16-9-4-13-14(28-7-27-13)5-10(9)18(22)11-6-26-20(24)17(11)16/h2-5,11,16-18,21-23H,6-7H2,1H3/t11?,16-,17+,18-/m1/s1. The Hall–Kier alpha value is -3.13. The number of ether oxygens (including phenoxy) is 4. The van der Waals surface area contributed by atoms with Crippen molar-refractivity contribution in [3.05, 3.63) is 41.0 Å². The number of carbonyl (C=O) groups is 1. The smallest absolute Gasteiger partial charge is 0.310 e. The Morgan fingerprint density at radius 1 is 1.04 bits per heavy atom. The van der Waals surface area contributed by atoms with Gasteiger partial charge in [-0.05, 0) is 41.0 Å². The van der Waals surface area contributed by atoms with E-state index in [0.29, 0.717) is 28.2 Å². The Kier molecular flexibility index (Phi) is 3.60. The van der Waals surface area contributed by atoms with Gasteiger partial charge in [0.2, 0.25) is 12.5 Å². The number of hydrogen-bond acceptors (Lipinski definition) is 8. The first-order valence-corrected chi connectivity index (χ1v) is 8.87. The van der Waals surface area contributed by atoms with Gasteiger partial charge in [-0.25, -0.2) is 0 Å². The first-order valence-electron chi connectivity index (χ1n) is 8.87. The number of cyclic esters (lactones) is 1. The van der Waals surface area contributed by atoms with Crippen molar-refractivity contribution >= 4 is 5.97 Å². The van der Waals surface area contributed by atoms with Gasteiger partial charge in [-0.15, -0.1) is 0 Å². The summed E-state index contributed by atoms with van der Waals surface area (Å²) in [5, 5.41) is 31.0. The topological polar surface area (TPSA) is 115 Å². The Balaban J connectivity index is 1.75. The quantitative estimate of drug-likeness (QED) is 0.529. The molecule has 2 aliphatic heterocycles. The fraction of sp³-hybridized carbons (Fsp3) is 0.350. The highest BCUT2D eigenvalue weighted by atomic mass is 16.7. The van der Waals surface area contributed by atoms with Crippen LogP contribution in [-0.4, -0.2) is 41.8 Å². The number of esters is 1. The maximum Gasteiger partial charge on any atom is 0.310 e. The molecule has 8 nitrogen and oxygen atoms in total. The summed E-state index contributed by atoms with van der Waals surface area (Å²) in [7, 11) is 1.38. The Morgan fingerprint density at radius 2 is 1.75 bits per heavy atom. The first kappa shape index (κ1) is 17.0. The second-order valence-corrected chi connectivity index (χ2v) is 7.17. The minimum absolute atomic E-state index is 0.0850. The number of methoxy groups -OCH3 is 1. The van der Waals surface area contributed by atoms with Crippen LogP contribution in [-0.2, 0) is 9.53 Å². The number of phenols is 2. The minimum Gasteiger partial charge on any atom is -0.504 e. The number of carbonyl (C=O) groups excluding carboxylic acids is 1. The van der Waals surface area contributed by atoms with Crippen molar-refractivity contribution in [3.63, 3.8) is 0 Å². The van der Waals surface area contributed by atoms with Gasteiger partial charge < -0.3 is 34.3 Å². The van der Waals surface area contributed by atoms with Crippen LogP contribution in [0.5, 0.6) is 28.7 Å². The van der Waals surface area contributed by atoms with Gasteiger partial charge in [0.25, 0.3) is 0 Å². The zero-order valence-corrected chi connectivity index (χ0v) is 14.9. The molecule has 3 aliphatic rings. The predicted octanol–water partition coefficient (Wildman–Crippen LogP) is 1.80. The molecule has 8 heteroatoms.